The summed E-state index contributed by atoms with van der Waals surface area (Å²) in [6, 6.07) is 12.0. The number of aryl methyl sites for hydroxylation is 1. The Balaban J connectivity index is 1.12. The number of aromatic nitrogens is 3. The molecule has 0 spiro atoms. The van der Waals surface area contributed by atoms with E-state index < -0.39 is 0 Å². The summed E-state index contributed by atoms with van der Waals surface area (Å²) < 4.78 is 1.54. The van der Waals surface area contributed by atoms with Crippen molar-refractivity contribution in [2.24, 2.45) is 0 Å². The fraction of sp³-hybridized carbons (Fsp3) is 0.304. The van der Waals surface area contributed by atoms with Gasteiger partial charge in [-0.1, -0.05) is 30.3 Å². The summed E-state index contributed by atoms with van der Waals surface area (Å²) >= 11 is 3.12. The van der Waals surface area contributed by atoms with Crippen LogP contribution < -0.4 is 5.56 Å². The van der Waals surface area contributed by atoms with Gasteiger partial charge in [0.15, 0.2) is 0 Å². The molecule has 1 aromatic carbocycles. The molecule has 0 saturated carbocycles. The Kier molecular flexibility index (Phi) is 6.11. The molecule has 1 saturated heterocycles. The van der Waals surface area contributed by atoms with E-state index in [9.17, 15) is 9.59 Å². The maximum atomic E-state index is 12.7. The SMILES string of the molecule is O=C(CCn1cnc2sccc2c1=O)N1CCN(Cc2csc(-c3ccccc3)n2)CC1. The summed E-state index contributed by atoms with van der Waals surface area (Å²) in [5, 5.41) is 5.65. The van der Waals surface area contributed by atoms with Gasteiger partial charge in [-0.25, -0.2) is 9.97 Å². The second kappa shape index (κ2) is 9.32. The van der Waals surface area contributed by atoms with Crippen LogP contribution >= 0.6 is 22.7 Å². The molecule has 1 aliphatic heterocycles. The monoisotopic (exact) mass is 465 g/mol. The third-order valence-electron chi connectivity index (χ3n) is 5.70. The summed E-state index contributed by atoms with van der Waals surface area (Å²) in [7, 11) is 0. The van der Waals surface area contributed by atoms with Gasteiger partial charge in [0.25, 0.3) is 5.56 Å². The number of hydrogen-bond donors (Lipinski definition) is 0. The van der Waals surface area contributed by atoms with Crippen molar-refractivity contribution in [3.8, 4) is 10.6 Å². The van der Waals surface area contributed by atoms with Gasteiger partial charge in [-0.2, -0.15) is 0 Å². The van der Waals surface area contributed by atoms with Crippen molar-refractivity contribution in [1.29, 1.82) is 0 Å². The van der Waals surface area contributed by atoms with Crippen LogP contribution in [0.25, 0.3) is 20.8 Å². The van der Waals surface area contributed by atoms with Crippen molar-refractivity contribution in [2.75, 3.05) is 26.2 Å². The standard InChI is InChI=1S/C23H23N5O2S2/c29-20(6-8-28-16-24-22-19(23(28)30)7-13-31-22)27-11-9-26(10-12-27)14-18-15-32-21(25-18)17-4-2-1-3-5-17/h1-5,7,13,15-16H,6,8-12,14H2. The maximum Gasteiger partial charge on any atom is 0.262 e. The topological polar surface area (TPSA) is 71.3 Å². The van der Waals surface area contributed by atoms with Crippen LogP contribution in [0, 0.1) is 0 Å². The number of thiazole rings is 1. The maximum absolute atomic E-state index is 12.7. The van der Waals surface area contributed by atoms with E-state index >= 15 is 0 Å². The van der Waals surface area contributed by atoms with Crippen molar-refractivity contribution < 1.29 is 4.79 Å². The average Bonchev–Trinajstić information content (AvgIpc) is 3.50. The highest BCUT2D eigenvalue weighted by atomic mass is 32.1. The van der Waals surface area contributed by atoms with Crippen molar-refractivity contribution in [3.63, 3.8) is 0 Å². The van der Waals surface area contributed by atoms with Gasteiger partial charge in [-0.05, 0) is 11.4 Å². The Hall–Kier alpha value is -2.88. The van der Waals surface area contributed by atoms with Crippen LogP contribution in [-0.4, -0.2) is 56.4 Å². The molecular formula is C23H23N5O2S2. The predicted octanol–water partition coefficient (Wildman–Crippen LogP) is 3.32. The number of thiophene rings is 1. The van der Waals surface area contributed by atoms with Crippen molar-refractivity contribution in [1.82, 2.24) is 24.3 Å². The Morgan fingerprint density at radius 2 is 1.84 bits per heavy atom. The molecule has 1 amide bonds. The molecule has 164 valence electrons. The van der Waals surface area contributed by atoms with E-state index in [1.54, 1.807) is 23.7 Å². The minimum absolute atomic E-state index is 0.0768. The van der Waals surface area contributed by atoms with Gasteiger partial charge in [0.2, 0.25) is 5.91 Å². The van der Waals surface area contributed by atoms with Crippen LogP contribution in [0.3, 0.4) is 0 Å². The fourth-order valence-corrected chi connectivity index (χ4v) is 5.44. The lowest BCUT2D eigenvalue weighted by Gasteiger charge is -2.34. The Labute approximate surface area is 193 Å². The quantitative estimate of drug-likeness (QED) is 0.437. The van der Waals surface area contributed by atoms with Crippen LogP contribution in [0.5, 0.6) is 0 Å². The number of hydrogen-bond acceptors (Lipinski definition) is 7. The molecule has 5 rings (SSSR count). The summed E-state index contributed by atoms with van der Waals surface area (Å²) in [5.74, 6) is 0.0852. The molecule has 4 aromatic rings. The predicted molar refractivity (Wildman–Crippen MR) is 128 cm³/mol. The molecule has 0 N–H and O–H groups in total. The molecule has 0 unspecified atom stereocenters. The highest BCUT2D eigenvalue weighted by molar-refractivity contribution is 7.16. The number of piperazine rings is 1. The smallest absolute Gasteiger partial charge is 0.262 e. The summed E-state index contributed by atoms with van der Waals surface area (Å²) in [6.07, 6.45) is 1.85. The number of carbonyl (C=O) groups excluding carboxylic acids is 1. The van der Waals surface area contributed by atoms with Crippen LogP contribution in [0.15, 0.2) is 58.3 Å². The number of nitrogens with zero attached hydrogens (tertiary/aromatic N) is 5. The molecule has 0 atom stereocenters. The van der Waals surface area contributed by atoms with Gasteiger partial charge >= 0.3 is 0 Å². The second-order valence-corrected chi connectivity index (χ2v) is 9.55. The van der Waals surface area contributed by atoms with E-state index in [0.29, 0.717) is 31.4 Å². The third-order valence-corrected chi connectivity index (χ3v) is 7.46. The van der Waals surface area contributed by atoms with Crippen LogP contribution in [0.1, 0.15) is 12.1 Å². The number of fused-ring (bicyclic) bond motifs is 1. The van der Waals surface area contributed by atoms with E-state index in [1.165, 1.54) is 15.9 Å². The first-order chi connectivity index (χ1) is 15.7. The van der Waals surface area contributed by atoms with Gasteiger partial charge in [0.1, 0.15) is 9.84 Å². The molecule has 1 fully saturated rings. The first-order valence-electron chi connectivity index (χ1n) is 10.6. The lowest BCUT2D eigenvalue weighted by molar-refractivity contribution is -0.133. The number of benzene rings is 1. The minimum Gasteiger partial charge on any atom is -0.340 e. The molecule has 0 radical (unpaired) electrons. The molecule has 9 heteroatoms. The van der Waals surface area contributed by atoms with Crippen LogP contribution in [-0.2, 0) is 17.9 Å². The van der Waals surface area contributed by atoms with E-state index in [0.717, 1.165) is 40.7 Å². The molecule has 1 aliphatic rings. The van der Waals surface area contributed by atoms with E-state index in [2.05, 4.69) is 27.4 Å². The molecule has 7 nitrogen and oxygen atoms in total. The van der Waals surface area contributed by atoms with E-state index in [4.69, 9.17) is 4.98 Å². The van der Waals surface area contributed by atoms with Crippen molar-refractivity contribution in [2.45, 2.75) is 19.5 Å². The second-order valence-electron chi connectivity index (χ2n) is 7.80. The lowest BCUT2D eigenvalue weighted by Crippen LogP contribution is -2.48. The zero-order valence-corrected chi connectivity index (χ0v) is 19.1. The van der Waals surface area contributed by atoms with Crippen molar-refractivity contribution >= 4 is 38.8 Å². The summed E-state index contributed by atoms with van der Waals surface area (Å²) in [5.41, 5.74) is 2.14. The van der Waals surface area contributed by atoms with Gasteiger partial charge in [0, 0.05) is 56.6 Å². The largest absolute Gasteiger partial charge is 0.340 e. The molecule has 3 aromatic heterocycles. The van der Waals surface area contributed by atoms with Gasteiger partial charge in [-0.3, -0.25) is 19.1 Å². The number of carbonyl (C=O) groups is 1. The zero-order chi connectivity index (χ0) is 21.9. The van der Waals surface area contributed by atoms with Gasteiger partial charge < -0.3 is 4.90 Å². The normalized spacial score (nSPS) is 14.8. The Morgan fingerprint density at radius 1 is 1.03 bits per heavy atom. The summed E-state index contributed by atoms with van der Waals surface area (Å²) in [6.45, 7) is 4.21. The van der Waals surface area contributed by atoms with E-state index in [1.807, 2.05) is 28.5 Å². The molecular weight excluding hydrogens is 442 g/mol. The highest BCUT2D eigenvalue weighted by Crippen LogP contribution is 2.24. The zero-order valence-electron chi connectivity index (χ0n) is 17.5. The van der Waals surface area contributed by atoms with E-state index in [-0.39, 0.29) is 11.5 Å². The molecule has 32 heavy (non-hydrogen) atoms. The lowest BCUT2D eigenvalue weighted by atomic mass is 10.2. The van der Waals surface area contributed by atoms with Crippen molar-refractivity contribution in [3.05, 3.63) is 69.5 Å². The first kappa shape index (κ1) is 21.0. The molecule has 4 heterocycles. The fourth-order valence-electron chi connectivity index (χ4n) is 3.90. The summed E-state index contributed by atoms with van der Waals surface area (Å²) in [4.78, 5) is 39.2. The Morgan fingerprint density at radius 3 is 2.66 bits per heavy atom. The average molecular weight is 466 g/mol. The van der Waals surface area contributed by atoms with Crippen LogP contribution in [0.4, 0.5) is 0 Å². The highest BCUT2D eigenvalue weighted by Gasteiger charge is 2.22. The molecule has 0 aliphatic carbocycles. The first-order valence-corrected chi connectivity index (χ1v) is 12.4. The van der Waals surface area contributed by atoms with Gasteiger partial charge in [-0.15, -0.1) is 22.7 Å². The number of rotatable bonds is 6. The van der Waals surface area contributed by atoms with Crippen LogP contribution in [0.2, 0.25) is 0 Å². The Bertz CT molecular complexity index is 1270. The third kappa shape index (κ3) is 4.50. The number of amides is 1. The minimum atomic E-state index is -0.0768. The molecule has 0 bridgehead atoms. The van der Waals surface area contributed by atoms with Gasteiger partial charge in [0.05, 0.1) is 17.4 Å².